The van der Waals surface area contributed by atoms with E-state index in [0.717, 1.165) is 18.3 Å². The molecule has 0 fully saturated rings. The Morgan fingerprint density at radius 1 is 1.19 bits per heavy atom. The number of aromatic nitrogens is 1. The summed E-state index contributed by atoms with van der Waals surface area (Å²) in [5.41, 5.74) is -0.228. The molecule has 1 heterocycles. The van der Waals surface area contributed by atoms with Gasteiger partial charge in [0.2, 0.25) is 0 Å². The average molecular weight is 300 g/mol. The second kappa shape index (κ2) is 5.99. The summed E-state index contributed by atoms with van der Waals surface area (Å²) in [6.45, 7) is 0.148. The van der Waals surface area contributed by atoms with E-state index in [2.05, 4.69) is 10.3 Å². The Bertz CT molecular complexity index is 629. The molecular weight excluding hydrogens is 288 g/mol. The molecule has 0 amide bonds. The van der Waals surface area contributed by atoms with Crippen molar-refractivity contribution >= 4 is 5.82 Å². The van der Waals surface area contributed by atoms with Gasteiger partial charge in [-0.2, -0.15) is 13.2 Å². The highest BCUT2D eigenvalue weighted by Gasteiger charge is 2.30. The molecule has 0 spiro atoms. The number of hydrogen-bond donors (Lipinski definition) is 1. The topological polar surface area (TPSA) is 34.1 Å². The minimum Gasteiger partial charge on any atom is -0.494 e. The maximum absolute atomic E-state index is 13.5. The summed E-state index contributed by atoms with van der Waals surface area (Å²) in [5, 5.41) is 2.72. The number of halogens is 4. The molecule has 3 nitrogen and oxygen atoms in total. The molecule has 1 N–H and O–H groups in total. The quantitative estimate of drug-likeness (QED) is 0.871. The maximum Gasteiger partial charge on any atom is 0.416 e. The molecule has 1 aromatic heterocycles. The molecule has 21 heavy (non-hydrogen) atoms. The van der Waals surface area contributed by atoms with E-state index in [-0.39, 0.29) is 18.1 Å². The number of nitrogens with zero attached hydrogens (tertiary/aromatic N) is 1. The van der Waals surface area contributed by atoms with Crippen molar-refractivity contribution in [2.75, 3.05) is 12.4 Å². The van der Waals surface area contributed by atoms with Crippen LogP contribution in [-0.4, -0.2) is 12.1 Å². The first-order valence-electron chi connectivity index (χ1n) is 5.99. The van der Waals surface area contributed by atoms with Gasteiger partial charge in [0.15, 0.2) is 11.6 Å². The molecule has 0 bridgehead atoms. The van der Waals surface area contributed by atoms with Crippen LogP contribution in [0.25, 0.3) is 0 Å². The molecule has 7 heteroatoms. The van der Waals surface area contributed by atoms with E-state index < -0.39 is 17.6 Å². The Balaban J connectivity index is 2.08. The van der Waals surface area contributed by atoms with Crippen LogP contribution in [0.1, 0.15) is 11.1 Å². The second-order valence-electron chi connectivity index (χ2n) is 4.25. The van der Waals surface area contributed by atoms with E-state index >= 15 is 0 Å². The van der Waals surface area contributed by atoms with Crippen molar-refractivity contribution in [3.63, 3.8) is 0 Å². The average Bonchev–Trinajstić information content (AvgIpc) is 2.45. The lowest BCUT2D eigenvalue weighted by Gasteiger charge is -2.10. The Hall–Kier alpha value is -2.31. The third kappa shape index (κ3) is 3.84. The zero-order valence-corrected chi connectivity index (χ0v) is 11.0. The highest BCUT2D eigenvalue weighted by Crippen LogP contribution is 2.30. The smallest absolute Gasteiger partial charge is 0.416 e. The van der Waals surface area contributed by atoms with E-state index in [9.17, 15) is 17.6 Å². The fourth-order valence-electron chi connectivity index (χ4n) is 1.72. The summed E-state index contributed by atoms with van der Waals surface area (Å²) in [6.07, 6.45) is -3.36. The Kier molecular flexibility index (Phi) is 4.30. The third-order valence-corrected chi connectivity index (χ3v) is 2.78. The van der Waals surface area contributed by atoms with Gasteiger partial charge in [-0.15, -0.1) is 0 Å². The van der Waals surface area contributed by atoms with Crippen molar-refractivity contribution in [2.24, 2.45) is 0 Å². The summed E-state index contributed by atoms with van der Waals surface area (Å²) >= 11 is 0. The minimum atomic E-state index is -4.43. The van der Waals surface area contributed by atoms with Crippen molar-refractivity contribution in [3.8, 4) is 5.75 Å². The van der Waals surface area contributed by atoms with Crippen molar-refractivity contribution < 1.29 is 22.3 Å². The molecule has 0 atom stereocenters. The van der Waals surface area contributed by atoms with Gasteiger partial charge in [-0.05, 0) is 29.8 Å². The molecule has 0 aliphatic heterocycles. The number of ether oxygens (including phenoxy) is 1. The number of alkyl halides is 3. The van der Waals surface area contributed by atoms with Crippen LogP contribution >= 0.6 is 0 Å². The predicted molar refractivity (Wildman–Crippen MR) is 69.5 cm³/mol. The normalized spacial score (nSPS) is 11.3. The first kappa shape index (κ1) is 15.1. The van der Waals surface area contributed by atoms with Gasteiger partial charge < -0.3 is 10.1 Å². The fourth-order valence-corrected chi connectivity index (χ4v) is 1.72. The molecule has 112 valence electrons. The number of anilines is 1. The van der Waals surface area contributed by atoms with Crippen LogP contribution in [0.15, 0.2) is 36.5 Å². The Morgan fingerprint density at radius 3 is 2.57 bits per heavy atom. The summed E-state index contributed by atoms with van der Waals surface area (Å²) in [5.74, 6) is -0.356. The van der Waals surface area contributed by atoms with E-state index in [1.165, 1.54) is 19.2 Å². The van der Waals surface area contributed by atoms with Gasteiger partial charge >= 0.3 is 6.18 Å². The molecule has 0 radical (unpaired) electrons. The van der Waals surface area contributed by atoms with Gasteiger partial charge in [0.25, 0.3) is 0 Å². The first-order chi connectivity index (χ1) is 9.90. The van der Waals surface area contributed by atoms with Crippen molar-refractivity contribution in [1.82, 2.24) is 4.98 Å². The highest BCUT2D eigenvalue weighted by atomic mass is 19.4. The van der Waals surface area contributed by atoms with Crippen LogP contribution in [0.3, 0.4) is 0 Å². The van der Waals surface area contributed by atoms with Crippen LogP contribution in [0.2, 0.25) is 0 Å². The largest absolute Gasteiger partial charge is 0.494 e. The predicted octanol–water partition coefficient (Wildman–Crippen LogP) is 3.86. The number of nitrogens with one attached hydrogen (secondary N) is 1. The number of hydrogen-bond acceptors (Lipinski definition) is 3. The highest BCUT2D eigenvalue weighted by molar-refractivity contribution is 5.40. The third-order valence-electron chi connectivity index (χ3n) is 2.78. The van der Waals surface area contributed by atoms with Crippen molar-refractivity contribution in [1.29, 1.82) is 0 Å². The number of benzene rings is 1. The summed E-state index contributed by atoms with van der Waals surface area (Å²) < 4.78 is 55.9. The molecule has 0 unspecified atom stereocenters. The van der Waals surface area contributed by atoms with Gasteiger partial charge in [0.05, 0.1) is 12.7 Å². The van der Waals surface area contributed by atoms with Gasteiger partial charge in [0.1, 0.15) is 5.82 Å². The molecule has 2 rings (SSSR count). The fraction of sp³-hybridized carbons (Fsp3) is 0.214. The van der Waals surface area contributed by atoms with Crippen LogP contribution in [-0.2, 0) is 12.7 Å². The molecule has 0 saturated carbocycles. The van der Waals surface area contributed by atoms with Crippen molar-refractivity contribution in [2.45, 2.75) is 12.7 Å². The lowest BCUT2D eigenvalue weighted by atomic mass is 10.2. The zero-order chi connectivity index (χ0) is 15.5. The second-order valence-corrected chi connectivity index (χ2v) is 4.25. The van der Waals surface area contributed by atoms with E-state index in [1.54, 1.807) is 6.07 Å². The monoisotopic (exact) mass is 300 g/mol. The first-order valence-corrected chi connectivity index (χ1v) is 5.99. The maximum atomic E-state index is 13.5. The SMILES string of the molecule is COc1ccc(CNc2cc(C(F)(F)F)ccn2)cc1F. The van der Waals surface area contributed by atoms with Crippen LogP contribution in [0.5, 0.6) is 5.75 Å². The van der Waals surface area contributed by atoms with Gasteiger partial charge in [-0.25, -0.2) is 9.37 Å². The van der Waals surface area contributed by atoms with Gasteiger partial charge in [0, 0.05) is 12.7 Å². The van der Waals surface area contributed by atoms with E-state index in [0.29, 0.717) is 5.56 Å². The molecule has 2 aromatic rings. The van der Waals surface area contributed by atoms with Crippen LogP contribution in [0, 0.1) is 5.82 Å². The van der Waals surface area contributed by atoms with E-state index in [1.807, 2.05) is 0 Å². The summed E-state index contributed by atoms with van der Waals surface area (Å²) in [7, 11) is 1.35. The van der Waals surface area contributed by atoms with Crippen LogP contribution in [0.4, 0.5) is 23.4 Å². The summed E-state index contributed by atoms with van der Waals surface area (Å²) in [6, 6.07) is 6.10. The lowest BCUT2D eigenvalue weighted by molar-refractivity contribution is -0.137. The zero-order valence-electron chi connectivity index (χ0n) is 11.0. The molecule has 0 aliphatic carbocycles. The van der Waals surface area contributed by atoms with E-state index in [4.69, 9.17) is 4.74 Å². The standard InChI is InChI=1S/C14H12F4N2O/c1-21-12-3-2-9(6-11(12)15)8-20-13-7-10(4-5-19-13)14(16,17)18/h2-7H,8H2,1H3,(H,19,20). The minimum absolute atomic E-state index is 0.0704. The molecule has 1 aromatic carbocycles. The number of methoxy groups -OCH3 is 1. The number of rotatable bonds is 4. The Labute approximate surface area is 118 Å². The lowest BCUT2D eigenvalue weighted by Crippen LogP contribution is -2.07. The van der Waals surface area contributed by atoms with Crippen molar-refractivity contribution in [3.05, 3.63) is 53.5 Å². The summed E-state index contributed by atoms with van der Waals surface area (Å²) in [4.78, 5) is 3.79. The molecule has 0 saturated heterocycles. The Morgan fingerprint density at radius 2 is 1.95 bits per heavy atom. The number of pyridine rings is 1. The molecule has 0 aliphatic rings. The van der Waals surface area contributed by atoms with Crippen LogP contribution < -0.4 is 10.1 Å². The van der Waals surface area contributed by atoms with Gasteiger partial charge in [-0.3, -0.25) is 0 Å². The molecular formula is C14H12F4N2O. The van der Waals surface area contributed by atoms with Gasteiger partial charge in [-0.1, -0.05) is 6.07 Å².